The van der Waals surface area contributed by atoms with Crippen LogP contribution >= 0.6 is 0 Å². The van der Waals surface area contributed by atoms with Gasteiger partial charge in [0, 0.05) is 17.8 Å². The maximum absolute atomic E-state index is 12.4. The first kappa shape index (κ1) is 18.9. The molecule has 0 bridgehead atoms. The number of ether oxygens (including phenoxy) is 2. The highest BCUT2D eigenvalue weighted by molar-refractivity contribution is 6.69. The highest BCUT2D eigenvalue weighted by atomic mass is 28.4. The summed E-state index contributed by atoms with van der Waals surface area (Å²) in [6, 6.07) is 0. The Bertz CT molecular complexity index is 564. The fraction of sp³-hybridized carbons (Fsp3) is 0.706. The largest absolute Gasteiger partial charge is 0.468 e. The Morgan fingerprint density at radius 1 is 1.25 bits per heavy atom. The van der Waals surface area contributed by atoms with Crippen LogP contribution in [-0.2, 0) is 28.3 Å². The quantitative estimate of drug-likeness (QED) is 0.314. The van der Waals surface area contributed by atoms with Gasteiger partial charge < -0.3 is 13.9 Å². The third-order valence-corrected chi connectivity index (χ3v) is 6.27. The second-order valence-corrected chi connectivity index (χ2v) is 12.0. The van der Waals surface area contributed by atoms with Gasteiger partial charge in [-0.25, -0.2) is 0 Å². The first-order valence-electron chi connectivity index (χ1n) is 8.10. The van der Waals surface area contributed by atoms with E-state index in [1.54, 1.807) is 6.08 Å². The monoisotopic (exact) mass is 354 g/mol. The van der Waals surface area contributed by atoms with Crippen LogP contribution in [0.2, 0.25) is 19.6 Å². The number of fused-ring (bicyclic) bond motifs is 1. The fourth-order valence-electron chi connectivity index (χ4n) is 4.47. The van der Waals surface area contributed by atoms with Crippen molar-refractivity contribution in [2.45, 2.75) is 44.5 Å². The lowest BCUT2D eigenvalue weighted by molar-refractivity contribution is -0.208. The molecule has 2 saturated carbocycles. The average Bonchev–Trinajstić information content (AvgIpc) is 2.77. The van der Waals surface area contributed by atoms with E-state index in [1.165, 1.54) is 14.2 Å². The maximum atomic E-state index is 12.4. The van der Waals surface area contributed by atoms with E-state index in [0.717, 1.165) is 0 Å². The summed E-state index contributed by atoms with van der Waals surface area (Å²) in [5.74, 6) is -2.91. The van der Waals surface area contributed by atoms with E-state index in [2.05, 4.69) is 6.58 Å². The predicted molar refractivity (Wildman–Crippen MR) is 89.7 cm³/mol. The minimum Gasteiger partial charge on any atom is -0.468 e. The van der Waals surface area contributed by atoms with Crippen LogP contribution in [0.3, 0.4) is 0 Å². The Labute approximate surface area is 143 Å². The minimum atomic E-state index is -2.03. The highest BCUT2D eigenvalue weighted by Crippen LogP contribution is 2.68. The molecule has 2 aliphatic carbocycles. The number of carbonyl (C=O) groups is 3. The van der Waals surface area contributed by atoms with Crippen molar-refractivity contribution in [3.8, 4) is 0 Å². The van der Waals surface area contributed by atoms with Crippen LogP contribution in [0, 0.1) is 17.3 Å². The Hall–Kier alpha value is -1.47. The smallest absolute Gasteiger partial charge is 0.320 e. The van der Waals surface area contributed by atoms with Crippen molar-refractivity contribution in [2.24, 2.45) is 17.3 Å². The first-order valence-corrected chi connectivity index (χ1v) is 11.5. The van der Waals surface area contributed by atoms with Gasteiger partial charge in [-0.05, 0) is 32.5 Å². The number of ketones is 1. The molecule has 2 aliphatic rings. The molecule has 6 nitrogen and oxygen atoms in total. The summed E-state index contributed by atoms with van der Waals surface area (Å²) in [5.41, 5.74) is -1.85. The van der Waals surface area contributed by atoms with Crippen LogP contribution < -0.4 is 0 Å². The number of carbonyl (C=O) groups excluding carboxylic acids is 3. The van der Waals surface area contributed by atoms with Crippen LogP contribution in [0.15, 0.2) is 12.7 Å². The third kappa shape index (κ3) is 2.54. The average molecular weight is 354 g/mol. The van der Waals surface area contributed by atoms with Crippen molar-refractivity contribution in [1.82, 2.24) is 0 Å². The summed E-state index contributed by atoms with van der Waals surface area (Å²) in [6.45, 7) is 9.99. The first-order chi connectivity index (χ1) is 11.1. The van der Waals surface area contributed by atoms with Gasteiger partial charge in [-0.2, -0.15) is 0 Å². The van der Waals surface area contributed by atoms with E-state index < -0.39 is 43.1 Å². The van der Waals surface area contributed by atoms with Crippen molar-refractivity contribution >= 4 is 26.0 Å². The van der Waals surface area contributed by atoms with E-state index in [-0.39, 0.29) is 5.78 Å². The lowest BCUT2D eigenvalue weighted by atomic mass is 9.46. The van der Waals surface area contributed by atoms with Gasteiger partial charge in [-0.15, -0.1) is 6.58 Å². The van der Waals surface area contributed by atoms with Gasteiger partial charge in [-0.3, -0.25) is 14.4 Å². The molecule has 0 aliphatic heterocycles. The van der Waals surface area contributed by atoms with Crippen LogP contribution in [0.25, 0.3) is 0 Å². The Balaban J connectivity index is 2.60. The van der Waals surface area contributed by atoms with Gasteiger partial charge >= 0.3 is 11.9 Å². The SMILES string of the molecule is C=CC1(O[Si](C)(C)C)CC2C(=O)CCC21C(C(=O)OC)C(=O)OC. The predicted octanol–water partition coefficient (Wildman–Crippen LogP) is 2.09. The summed E-state index contributed by atoms with van der Waals surface area (Å²) in [4.78, 5) is 37.2. The molecule has 0 amide bonds. The van der Waals surface area contributed by atoms with E-state index in [1.807, 2.05) is 19.6 Å². The molecule has 2 rings (SSSR count). The lowest BCUT2D eigenvalue weighted by Crippen LogP contribution is -2.70. The number of hydrogen-bond donors (Lipinski definition) is 0. The molecule has 0 spiro atoms. The molecule has 134 valence electrons. The number of hydrogen-bond acceptors (Lipinski definition) is 6. The van der Waals surface area contributed by atoms with E-state index in [0.29, 0.717) is 19.3 Å². The molecule has 3 unspecified atom stereocenters. The van der Waals surface area contributed by atoms with Crippen LogP contribution in [0.4, 0.5) is 0 Å². The molecule has 0 aromatic carbocycles. The third-order valence-electron chi connectivity index (χ3n) is 5.30. The summed E-state index contributed by atoms with van der Waals surface area (Å²) in [5, 5.41) is 0. The number of esters is 2. The van der Waals surface area contributed by atoms with Crippen LogP contribution in [-0.4, -0.2) is 45.9 Å². The Morgan fingerprint density at radius 3 is 2.17 bits per heavy atom. The molecule has 0 heterocycles. The summed E-state index contributed by atoms with van der Waals surface area (Å²) >= 11 is 0. The van der Waals surface area contributed by atoms with Crippen molar-refractivity contribution in [3.05, 3.63) is 12.7 Å². The molecule has 0 saturated heterocycles. The number of rotatable bonds is 6. The second-order valence-electron chi connectivity index (χ2n) is 7.55. The Morgan fingerprint density at radius 2 is 1.79 bits per heavy atom. The summed E-state index contributed by atoms with van der Waals surface area (Å²) in [6.07, 6.45) is 2.82. The fourth-order valence-corrected chi connectivity index (χ4v) is 5.92. The van der Waals surface area contributed by atoms with Crippen molar-refractivity contribution in [3.63, 3.8) is 0 Å². The summed E-state index contributed by atoms with van der Waals surface area (Å²) in [7, 11) is 0.426. The molecule has 0 radical (unpaired) electrons. The zero-order valence-corrected chi connectivity index (χ0v) is 16.0. The maximum Gasteiger partial charge on any atom is 0.320 e. The normalized spacial score (nSPS) is 32.1. The molecular weight excluding hydrogens is 328 g/mol. The molecule has 3 atom stereocenters. The number of Topliss-reactive ketones (excluding diaryl/α,β-unsaturated/α-hetero) is 1. The molecule has 24 heavy (non-hydrogen) atoms. The standard InChI is InChI=1S/C17H26O6Si/c1-7-16(23-24(4,5)6)10-11-12(18)8-9-17(11,16)13(14(19)21-2)15(20)22-3/h7,11,13H,1,8-10H2,2-6H3. The van der Waals surface area contributed by atoms with Gasteiger partial charge in [0.2, 0.25) is 0 Å². The van der Waals surface area contributed by atoms with E-state index in [4.69, 9.17) is 13.9 Å². The highest BCUT2D eigenvalue weighted by Gasteiger charge is 2.76. The molecule has 0 aromatic rings. The topological polar surface area (TPSA) is 78.9 Å². The molecule has 7 heteroatoms. The van der Waals surface area contributed by atoms with Crippen molar-refractivity contribution < 1.29 is 28.3 Å². The second kappa shape index (κ2) is 6.11. The van der Waals surface area contributed by atoms with Gasteiger partial charge in [0.1, 0.15) is 5.78 Å². The van der Waals surface area contributed by atoms with Crippen LogP contribution in [0.1, 0.15) is 19.3 Å². The van der Waals surface area contributed by atoms with Gasteiger partial charge in [-0.1, -0.05) is 6.08 Å². The molecule has 0 aromatic heterocycles. The van der Waals surface area contributed by atoms with Crippen molar-refractivity contribution in [2.75, 3.05) is 14.2 Å². The molecule has 2 fully saturated rings. The Kier molecular flexibility index (Phi) is 4.80. The zero-order chi connectivity index (χ0) is 18.3. The summed E-state index contributed by atoms with van der Waals surface area (Å²) < 4.78 is 16.1. The van der Waals surface area contributed by atoms with E-state index in [9.17, 15) is 14.4 Å². The molecule has 0 N–H and O–H groups in total. The van der Waals surface area contributed by atoms with Gasteiger partial charge in [0.05, 0.1) is 19.8 Å². The van der Waals surface area contributed by atoms with Crippen LogP contribution in [0.5, 0.6) is 0 Å². The zero-order valence-electron chi connectivity index (χ0n) is 15.0. The lowest BCUT2D eigenvalue weighted by Gasteiger charge is -2.62. The number of methoxy groups -OCH3 is 2. The molecular formula is C17H26O6Si. The minimum absolute atomic E-state index is 0.0597. The van der Waals surface area contributed by atoms with Crippen molar-refractivity contribution in [1.29, 1.82) is 0 Å². The van der Waals surface area contributed by atoms with E-state index >= 15 is 0 Å². The van der Waals surface area contributed by atoms with Gasteiger partial charge in [0.15, 0.2) is 14.2 Å². The van der Waals surface area contributed by atoms with Gasteiger partial charge in [0.25, 0.3) is 0 Å².